The van der Waals surface area contributed by atoms with E-state index in [2.05, 4.69) is 6.92 Å². The molecule has 2 N–H and O–H groups in total. The van der Waals surface area contributed by atoms with E-state index in [1.165, 1.54) is 6.42 Å². The Balaban J connectivity index is 1.91. The van der Waals surface area contributed by atoms with E-state index in [-0.39, 0.29) is 18.1 Å². The van der Waals surface area contributed by atoms with Gasteiger partial charge in [-0.3, -0.25) is 4.79 Å². The fraction of sp³-hybridized carbons (Fsp3) is 0.923. The molecule has 17 heavy (non-hydrogen) atoms. The molecule has 0 aromatic rings. The second kappa shape index (κ2) is 5.83. The van der Waals surface area contributed by atoms with Crippen LogP contribution < -0.4 is 5.73 Å². The van der Waals surface area contributed by atoms with Gasteiger partial charge in [0.2, 0.25) is 5.91 Å². The molecule has 2 fully saturated rings. The van der Waals surface area contributed by atoms with Gasteiger partial charge in [-0.05, 0) is 31.6 Å². The molecule has 0 spiro atoms. The van der Waals surface area contributed by atoms with Crippen LogP contribution in [0.3, 0.4) is 0 Å². The van der Waals surface area contributed by atoms with Crippen molar-refractivity contribution in [1.29, 1.82) is 0 Å². The summed E-state index contributed by atoms with van der Waals surface area (Å²) in [5.41, 5.74) is 5.80. The molecule has 2 saturated heterocycles. The number of hydrogen-bond donors (Lipinski definition) is 1. The normalized spacial score (nSPS) is 34.0. The molecule has 2 heterocycles. The van der Waals surface area contributed by atoms with Crippen LogP contribution >= 0.6 is 0 Å². The van der Waals surface area contributed by atoms with Crippen molar-refractivity contribution < 1.29 is 9.53 Å². The summed E-state index contributed by atoms with van der Waals surface area (Å²) in [6.07, 6.45) is 5.11. The number of carbonyl (C=O) groups excluding carboxylic acids is 1. The first-order valence-electron chi connectivity index (χ1n) is 6.83. The third-order valence-corrected chi connectivity index (χ3v) is 4.10. The van der Waals surface area contributed by atoms with E-state index >= 15 is 0 Å². The zero-order chi connectivity index (χ0) is 12.3. The molecule has 4 nitrogen and oxygen atoms in total. The van der Waals surface area contributed by atoms with Crippen molar-refractivity contribution in [3.8, 4) is 0 Å². The molecule has 4 heteroatoms. The molecule has 2 aliphatic heterocycles. The van der Waals surface area contributed by atoms with Crippen LogP contribution in [0, 0.1) is 5.92 Å². The number of piperidine rings is 1. The molecule has 0 unspecified atom stereocenters. The number of amides is 1. The molecule has 0 aromatic heterocycles. The molecule has 0 saturated carbocycles. The van der Waals surface area contributed by atoms with Gasteiger partial charge in [0.15, 0.2) is 0 Å². The summed E-state index contributed by atoms with van der Waals surface area (Å²) in [5.74, 6) is 0.765. The first kappa shape index (κ1) is 12.8. The van der Waals surface area contributed by atoms with Crippen molar-refractivity contribution >= 4 is 5.91 Å². The van der Waals surface area contributed by atoms with Gasteiger partial charge >= 0.3 is 0 Å². The van der Waals surface area contributed by atoms with E-state index in [0.29, 0.717) is 18.9 Å². The third kappa shape index (κ3) is 2.99. The Morgan fingerprint density at radius 2 is 2.24 bits per heavy atom. The molecule has 0 bridgehead atoms. The van der Waals surface area contributed by atoms with Crippen molar-refractivity contribution in [3.63, 3.8) is 0 Å². The Morgan fingerprint density at radius 3 is 2.88 bits per heavy atom. The van der Waals surface area contributed by atoms with E-state index in [1.54, 1.807) is 0 Å². The largest absolute Gasteiger partial charge is 0.378 e. The summed E-state index contributed by atoms with van der Waals surface area (Å²) in [7, 11) is 0. The van der Waals surface area contributed by atoms with Gasteiger partial charge < -0.3 is 15.4 Å². The second-order valence-corrected chi connectivity index (χ2v) is 5.35. The van der Waals surface area contributed by atoms with Crippen molar-refractivity contribution in [2.24, 2.45) is 11.7 Å². The summed E-state index contributed by atoms with van der Waals surface area (Å²) in [6, 6.07) is 0.234. The van der Waals surface area contributed by atoms with Crippen LogP contribution in [-0.4, -0.2) is 42.6 Å². The summed E-state index contributed by atoms with van der Waals surface area (Å²) in [5, 5.41) is 0. The zero-order valence-corrected chi connectivity index (χ0v) is 10.7. The molecule has 0 aliphatic carbocycles. The molecule has 0 aromatic carbocycles. The van der Waals surface area contributed by atoms with Crippen LogP contribution in [0.15, 0.2) is 0 Å². The van der Waals surface area contributed by atoms with E-state index in [1.807, 2.05) is 4.90 Å². The number of nitrogens with two attached hydrogens (primary N) is 1. The van der Waals surface area contributed by atoms with E-state index in [4.69, 9.17) is 10.5 Å². The topological polar surface area (TPSA) is 55.6 Å². The Morgan fingerprint density at radius 1 is 1.41 bits per heavy atom. The van der Waals surface area contributed by atoms with Crippen molar-refractivity contribution in [2.45, 2.75) is 51.2 Å². The van der Waals surface area contributed by atoms with Gasteiger partial charge in [0.1, 0.15) is 0 Å². The smallest absolute Gasteiger partial charge is 0.225 e. The predicted octanol–water partition coefficient (Wildman–Crippen LogP) is 1.14. The molecule has 98 valence electrons. The molecule has 0 radical (unpaired) electrons. The van der Waals surface area contributed by atoms with E-state index in [0.717, 1.165) is 32.4 Å². The number of rotatable bonds is 3. The first-order chi connectivity index (χ1) is 8.22. The lowest BCUT2D eigenvalue weighted by atomic mass is 9.90. The minimum Gasteiger partial charge on any atom is -0.378 e. The quantitative estimate of drug-likeness (QED) is 0.805. The van der Waals surface area contributed by atoms with E-state index < -0.39 is 0 Å². The first-order valence-corrected chi connectivity index (χ1v) is 6.83. The van der Waals surface area contributed by atoms with Gasteiger partial charge in [0.25, 0.3) is 0 Å². The maximum atomic E-state index is 12.3. The number of hydrogen-bond acceptors (Lipinski definition) is 3. The van der Waals surface area contributed by atoms with Crippen molar-refractivity contribution in [1.82, 2.24) is 4.90 Å². The third-order valence-electron chi connectivity index (χ3n) is 4.10. The Kier molecular flexibility index (Phi) is 4.40. The Hall–Kier alpha value is -0.610. The van der Waals surface area contributed by atoms with Gasteiger partial charge in [0, 0.05) is 25.7 Å². The van der Waals surface area contributed by atoms with Crippen LogP contribution in [0.2, 0.25) is 0 Å². The second-order valence-electron chi connectivity index (χ2n) is 5.35. The van der Waals surface area contributed by atoms with Crippen molar-refractivity contribution in [3.05, 3.63) is 0 Å². The minimum atomic E-state index is 0.151. The average molecular weight is 240 g/mol. The van der Waals surface area contributed by atoms with Gasteiger partial charge in [-0.25, -0.2) is 0 Å². The highest BCUT2D eigenvalue weighted by Crippen LogP contribution is 2.25. The molecular formula is C13H24N2O2. The summed E-state index contributed by atoms with van der Waals surface area (Å²) < 4.78 is 5.53. The lowest BCUT2D eigenvalue weighted by Crippen LogP contribution is -2.51. The molecule has 1 amide bonds. The Labute approximate surface area is 103 Å². The summed E-state index contributed by atoms with van der Waals surface area (Å²) in [6.45, 7) is 4.47. The van der Waals surface area contributed by atoms with Crippen LogP contribution in [0.4, 0.5) is 0 Å². The highest BCUT2D eigenvalue weighted by Gasteiger charge is 2.32. The van der Waals surface area contributed by atoms with Gasteiger partial charge in [-0.15, -0.1) is 0 Å². The van der Waals surface area contributed by atoms with Crippen LogP contribution in [0.1, 0.15) is 39.0 Å². The number of ether oxygens (including phenoxy) is 1. The fourth-order valence-electron chi connectivity index (χ4n) is 3.04. The summed E-state index contributed by atoms with van der Waals surface area (Å²) >= 11 is 0. The maximum absolute atomic E-state index is 12.3. The maximum Gasteiger partial charge on any atom is 0.225 e. The monoisotopic (exact) mass is 240 g/mol. The fourth-order valence-corrected chi connectivity index (χ4v) is 3.04. The van der Waals surface area contributed by atoms with Crippen LogP contribution in [-0.2, 0) is 9.53 Å². The van der Waals surface area contributed by atoms with Crippen molar-refractivity contribution in [2.75, 3.05) is 19.7 Å². The van der Waals surface area contributed by atoms with Gasteiger partial charge in [0.05, 0.1) is 12.5 Å². The lowest BCUT2D eigenvalue weighted by molar-refractivity contribution is -0.138. The number of nitrogens with zero attached hydrogens (tertiary/aromatic N) is 1. The Bertz CT molecular complexity index is 264. The van der Waals surface area contributed by atoms with Gasteiger partial charge in [-0.1, -0.05) is 6.92 Å². The highest BCUT2D eigenvalue weighted by atomic mass is 16.5. The molecular weight excluding hydrogens is 216 g/mol. The van der Waals surface area contributed by atoms with E-state index in [9.17, 15) is 4.79 Å². The molecule has 2 aliphatic rings. The standard InChI is InChI=1S/C13H24N2O2/c1-10-4-2-6-15(12(10)9-14)13(16)8-11-5-3-7-17-11/h10-12H,2-9,14H2,1H3/t10-,11+,12+/m1/s1. The zero-order valence-electron chi connectivity index (χ0n) is 10.7. The lowest BCUT2D eigenvalue weighted by Gasteiger charge is -2.39. The SMILES string of the molecule is C[C@@H]1CCCN(C(=O)C[C@@H]2CCCO2)[C@H]1CN. The van der Waals surface area contributed by atoms with Crippen LogP contribution in [0.5, 0.6) is 0 Å². The van der Waals surface area contributed by atoms with Crippen LogP contribution in [0.25, 0.3) is 0 Å². The number of carbonyl (C=O) groups is 1. The highest BCUT2D eigenvalue weighted by molar-refractivity contribution is 5.77. The molecule has 3 atom stereocenters. The number of likely N-dealkylation sites (tertiary alicyclic amines) is 1. The summed E-state index contributed by atoms with van der Waals surface area (Å²) in [4.78, 5) is 14.3. The predicted molar refractivity (Wildman–Crippen MR) is 66.5 cm³/mol. The minimum absolute atomic E-state index is 0.151. The molecule has 2 rings (SSSR count). The average Bonchev–Trinajstić information content (AvgIpc) is 2.81. The van der Waals surface area contributed by atoms with Gasteiger partial charge in [-0.2, -0.15) is 0 Å².